The van der Waals surface area contributed by atoms with Crippen molar-refractivity contribution in [2.75, 3.05) is 0 Å². The van der Waals surface area contributed by atoms with E-state index in [0.29, 0.717) is 5.56 Å². The lowest BCUT2D eigenvalue weighted by molar-refractivity contribution is 0.506. The molecule has 0 aliphatic heterocycles. The molecule has 94 valence electrons. The van der Waals surface area contributed by atoms with Crippen LogP contribution in [-0.4, -0.2) is 0 Å². The van der Waals surface area contributed by atoms with Gasteiger partial charge in [-0.3, -0.25) is 0 Å². The molecule has 1 nitrogen and oxygen atoms in total. The molecule has 2 N–H and O–H groups in total. The van der Waals surface area contributed by atoms with E-state index in [1.165, 1.54) is 0 Å². The molecule has 0 saturated carbocycles. The van der Waals surface area contributed by atoms with E-state index >= 15 is 0 Å². The summed E-state index contributed by atoms with van der Waals surface area (Å²) in [5, 5.41) is 0.125. The molecular formula is C13H9ClF2IN. The minimum atomic E-state index is -0.974. The molecule has 0 heterocycles. The maximum absolute atomic E-state index is 13.2. The predicted molar refractivity (Wildman–Crippen MR) is 76.6 cm³/mol. The van der Waals surface area contributed by atoms with Crippen LogP contribution in [0.4, 0.5) is 8.78 Å². The van der Waals surface area contributed by atoms with Gasteiger partial charge in [0.25, 0.3) is 0 Å². The first kappa shape index (κ1) is 13.7. The van der Waals surface area contributed by atoms with E-state index in [0.717, 1.165) is 21.3 Å². The van der Waals surface area contributed by atoms with Crippen molar-refractivity contribution in [3.05, 3.63) is 67.8 Å². The molecule has 0 radical (unpaired) electrons. The van der Waals surface area contributed by atoms with Gasteiger partial charge in [0.1, 0.15) is 0 Å². The number of halogens is 4. The van der Waals surface area contributed by atoms with Crippen LogP contribution in [0.2, 0.25) is 5.02 Å². The van der Waals surface area contributed by atoms with Crippen molar-refractivity contribution in [3.8, 4) is 0 Å². The van der Waals surface area contributed by atoms with Crippen molar-refractivity contribution < 1.29 is 8.78 Å². The van der Waals surface area contributed by atoms with Crippen LogP contribution in [0.5, 0.6) is 0 Å². The Morgan fingerprint density at radius 1 is 1.11 bits per heavy atom. The largest absolute Gasteiger partial charge is 0.320 e. The van der Waals surface area contributed by atoms with Gasteiger partial charge in [-0.1, -0.05) is 23.7 Å². The highest BCUT2D eigenvalue weighted by molar-refractivity contribution is 14.1. The van der Waals surface area contributed by atoms with Crippen LogP contribution in [-0.2, 0) is 0 Å². The van der Waals surface area contributed by atoms with Crippen molar-refractivity contribution in [2.24, 2.45) is 5.73 Å². The fourth-order valence-electron chi connectivity index (χ4n) is 1.66. The first-order valence-electron chi connectivity index (χ1n) is 5.14. The molecule has 0 spiro atoms. The Labute approximate surface area is 122 Å². The highest BCUT2D eigenvalue weighted by atomic mass is 127. The smallest absolute Gasteiger partial charge is 0.160 e. The molecule has 2 aromatic rings. The first-order chi connectivity index (χ1) is 8.49. The van der Waals surface area contributed by atoms with E-state index in [1.807, 2.05) is 24.3 Å². The summed E-state index contributed by atoms with van der Waals surface area (Å²) in [4.78, 5) is 0. The molecule has 5 heteroatoms. The van der Waals surface area contributed by atoms with Crippen LogP contribution < -0.4 is 5.73 Å². The second-order valence-electron chi connectivity index (χ2n) is 3.82. The minimum absolute atomic E-state index is 0.125. The van der Waals surface area contributed by atoms with E-state index in [2.05, 4.69) is 22.6 Å². The molecule has 0 aliphatic carbocycles. The van der Waals surface area contributed by atoms with Gasteiger partial charge >= 0.3 is 0 Å². The SMILES string of the molecule is NC(c1cccc(I)c1)c1cc(F)c(F)cc1Cl. The maximum atomic E-state index is 13.2. The van der Waals surface area contributed by atoms with Crippen molar-refractivity contribution in [2.45, 2.75) is 6.04 Å². The molecule has 2 aromatic carbocycles. The Morgan fingerprint density at radius 3 is 2.44 bits per heavy atom. The molecule has 18 heavy (non-hydrogen) atoms. The summed E-state index contributed by atoms with van der Waals surface area (Å²) in [6.07, 6.45) is 0. The summed E-state index contributed by atoms with van der Waals surface area (Å²) in [7, 11) is 0. The minimum Gasteiger partial charge on any atom is -0.320 e. The fraction of sp³-hybridized carbons (Fsp3) is 0.0769. The van der Waals surface area contributed by atoms with Gasteiger partial charge in [0.15, 0.2) is 11.6 Å². The van der Waals surface area contributed by atoms with E-state index in [-0.39, 0.29) is 5.02 Å². The van der Waals surface area contributed by atoms with Gasteiger partial charge in [-0.15, -0.1) is 0 Å². The summed E-state index contributed by atoms with van der Waals surface area (Å²) < 4.78 is 27.2. The van der Waals surface area contributed by atoms with Crippen molar-refractivity contribution >= 4 is 34.2 Å². The van der Waals surface area contributed by atoms with Crippen LogP contribution >= 0.6 is 34.2 Å². The van der Waals surface area contributed by atoms with Gasteiger partial charge < -0.3 is 5.73 Å². The molecule has 0 aliphatic rings. The van der Waals surface area contributed by atoms with Gasteiger partial charge in [-0.05, 0) is 58.0 Å². The van der Waals surface area contributed by atoms with Crippen LogP contribution in [0.1, 0.15) is 17.2 Å². The molecule has 0 saturated heterocycles. The number of hydrogen-bond acceptors (Lipinski definition) is 1. The Balaban J connectivity index is 2.46. The monoisotopic (exact) mass is 379 g/mol. The maximum Gasteiger partial charge on any atom is 0.160 e. The summed E-state index contributed by atoms with van der Waals surface area (Å²) >= 11 is 8.05. The topological polar surface area (TPSA) is 26.0 Å². The average molecular weight is 380 g/mol. The van der Waals surface area contributed by atoms with Gasteiger partial charge in [0.05, 0.1) is 6.04 Å². The van der Waals surface area contributed by atoms with Crippen LogP contribution in [0.15, 0.2) is 36.4 Å². The Bertz CT molecular complexity index is 589. The molecular weight excluding hydrogens is 371 g/mol. The van der Waals surface area contributed by atoms with Gasteiger partial charge in [-0.2, -0.15) is 0 Å². The van der Waals surface area contributed by atoms with Crippen LogP contribution in [0.3, 0.4) is 0 Å². The summed E-state index contributed by atoms with van der Waals surface area (Å²) in [6, 6.07) is 8.88. The van der Waals surface area contributed by atoms with E-state index in [9.17, 15) is 8.78 Å². The number of nitrogens with two attached hydrogens (primary N) is 1. The molecule has 0 bridgehead atoms. The third-order valence-electron chi connectivity index (χ3n) is 2.58. The van der Waals surface area contributed by atoms with E-state index < -0.39 is 17.7 Å². The Hall–Kier alpha value is -0.720. The molecule has 0 aromatic heterocycles. The zero-order valence-corrected chi connectivity index (χ0v) is 12.0. The second-order valence-corrected chi connectivity index (χ2v) is 5.47. The number of hydrogen-bond donors (Lipinski definition) is 1. The molecule has 0 fully saturated rings. The van der Waals surface area contributed by atoms with Crippen LogP contribution in [0.25, 0.3) is 0 Å². The fourth-order valence-corrected chi connectivity index (χ4v) is 2.49. The van der Waals surface area contributed by atoms with Gasteiger partial charge in [0, 0.05) is 8.59 Å². The summed E-state index contributed by atoms with van der Waals surface area (Å²) in [6.45, 7) is 0. The second kappa shape index (κ2) is 5.50. The molecule has 1 atom stereocenters. The van der Waals surface area contributed by atoms with E-state index in [1.54, 1.807) is 0 Å². The van der Waals surface area contributed by atoms with Gasteiger partial charge in [-0.25, -0.2) is 8.78 Å². The lowest BCUT2D eigenvalue weighted by Crippen LogP contribution is -2.13. The zero-order chi connectivity index (χ0) is 13.3. The number of rotatable bonds is 2. The van der Waals surface area contributed by atoms with E-state index in [4.69, 9.17) is 17.3 Å². The van der Waals surface area contributed by atoms with Gasteiger partial charge in [0.2, 0.25) is 0 Å². The molecule has 0 amide bonds. The lowest BCUT2D eigenvalue weighted by atomic mass is 9.99. The standard InChI is InChI=1S/C13H9ClF2IN/c14-10-6-12(16)11(15)5-9(10)13(18)7-2-1-3-8(17)4-7/h1-6,13H,18H2. The third kappa shape index (κ3) is 2.81. The number of benzene rings is 2. The normalized spacial score (nSPS) is 12.5. The van der Waals surface area contributed by atoms with Crippen LogP contribution in [0, 0.1) is 15.2 Å². The lowest BCUT2D eigenvalue weighted by Gasteiger charge is -2.15. The van der Waals surface area contributed by atoms with Crippen molar-refractivity contribution in [1.29, 1.82) is 0 Å². The summed E-state index contributed by atoms with van der Waals surface area (Å²) in [5.74, 6) is -1.92. The molecule has 2 rings (SSSR count). The summed E-state index contributed by atoms with van der Waals surface area (Å²) in [5.41, 5.74) is 7.20. The third-order valence-corrected chi connectivity index (χ3v) is 3.58. The quantitative estimate of drug-likeness (QED) is 0.612. The first-order valence-corrected chi connectivity index (χ1v) is 6.60. The highest BCUT2D eigenvalue weighted by Crippen LogP contribution is 2.29. The molecule has 1 unspecified atom stereocenters. The average Bonchev–Trinajstić information content (AvgIpc) is 2.33. The predicted octanol–water partition coefficient (Wildman–Crippen LogP) is 4.27. The Morgan fingerprint density at radius 2 is 1.78 bits per heavy atom. The van der Waals surface area contributed by atoms with Crippen molar-refractivity contribution in [3.63, 3.8) is 0 Å². The zero-order valence-electron chi connectivity index (χ0n) is 9.13. The van der Waals surface area contributed by atoms with Crippen molar-refractivity contribution in [1.82, 2.24) is 0 Å². The highest BCUT2D eigenvalue weighted by Gasteiger charge is 2.16. The Kier molecular flexibility index (Phi) is 4.19.